The molecule has 0 aliphatic rings. The van der Waals surface area contributed by atoms with E-state index in [-0.39, 0.29) is 17.7 Å². The molecule has 20 heavy (non-hydrogen) atoms. The summed E-state index contributed by atoms with van der Waals surface area (Å²) in [6.45, 7) is 8.62. The average molecular weight is 297 g/mol. The Balaban J connectivity index is 2.93. The molecule has 6 heteroatoms. The molecule has 0 saturated carbocycles. The Hall–Kier alpha value is -1.40. The predicted octanol–water partition coefficient (Wildman–Crippen LogP) is 2.04. The fourth-order valence-corrected chi connectivity index (χ4v) is 2.89. The molecular weight excluding hydrogens is 274 g/mol. The first-order valence-corrected chi connectivity index (χ1v) is 7.56. The number of hydrogen-bond donors (Lipinski definition) is 3. The van der Waals surface area contributed by atoms with Gasteiger partial charge in [-0.3, -0.25) is 9.59 Å². The van der Waals surface area contributed by atoms with Gasteiger partial charge in [-0.15, -0.1) is 11.3 Å². The van der Waals surface area contributed by atoms with Crippen LogP contribution in [0.25, 0.3) is 0 Å². The lowest BCUT2D eigenvalue weighted by atomic mass is 10.1. The number of nitrogens with one attached hydrogen (secondary N) is 2. The van der Waals surface area contributed by atoms with E-state index in [0.29, 0.717) is 30.1 Å². The standard InChI is InChI=1S/C14H23N3O2S/c1-8(2)7-11(18)17-14-12(9(3)10(4)20-14)13(19)16-6-5-15/h8H,5-7,15H2,1-4H3,(H,16,19)(H,17,18). The van der Waals surface area contributed by atoms with Crippen LogP contribution < -0.4 is 16.4 Å². The van der Waals surface area contributed by atoms with Crippen LogP contribution in [0.15, 0.2) is 0 Å². The first-order chi connectivity index (χ1) is 9.36. The highest BCUT2D eigenvalue weighted by Crippen LogP contribution is 2.32. The number of carbonyl (C=O) groups excluding carboxylic acids is 2. The zero-order chi connectivity index (χ0) is 15.3. The van der Waals surface area contributed by atoms with Crippen LogP contribution >= 0.6 is 11.3 Å². The molecule has 4 N–H and O–H groups in total. The molecule has 5 nitrogen and oxygen atoms in total. The number of hydrogen-bond acceptors (Lipinski definition) is 4. The molecule has 1 aromatic rings. The van der Waals surface area contributed by atoms with E-state index in [9.17, 15) is 9.59 Å². The van der Waals surface area contributed by atoms with E-state index >= 15 is 0 Å². The second-order valence-corrected chi connectivity index (χ2v) is 6.40. The summed E-state index contributed by atoms with van der Waals surface area (Å²) in [6, 6.07) is 0. The number of amides is 2. The molecule has 0 spiro atoms. The SMILES string of the molecule is Cc1sc(NC(=O)CC(C)C)c(C(=O)NCCN)c1C. The van der Waals surface area contributed by atoms with E-state index in [0.717, 1.165) is 10.4 Å². The van der Waals surface area contributed by atoms with Gasteiger partial charge in [0, 0.05) is 24.4 Å². The summed E-state index contributed by atoms with van der Waals surface area (Å²) in [4.78, 5) is 25.1. The Labute approximate surface area is 123 Å². The van der Waals surface area contributed by atoms with Gasteiger partial charge >= 0.3 is 0 Å². The minimum absolute atomic E-state index is 0.0610. The van der Waals surface area contributed by atoms with Crippen molar-refractivity contribution in [3.05, 3.63) is 16.0 Å². The van der Waals surface area contributed by atoms with Gasteiger partial charge in [0.15, 0.2) is 0 Å². The number of carbonyl (C=O) groups is 2. The number of anilines is 1. The van der Waals surface area contributed by atoms with Crippen LogP contribution in [0, 0.1) is 19.8 Å². The third-order valence-electron chi connectivity index (χ3n) is 2.89. The van der Waals surface area contributed by atoms with E-state index in [1.54, 1.807) is 0 Å². The maximum absolute atomic E-state index is 12.2. The summed E-state index contributed by atoms with van der Waals surface area (Å²) in [7, 11) is 0. The van der Waals surface area contributed by atoms with E-state index < -0.39 is 0 Å². The summed E-state index contributed by atoms with van der Waals surface area (Å²) in [5.74, 6) is 0.0398. The van der Waals surface area contributed by atoms with Gasteiger partial charge in [0.05, 0.1) is 5.56 Å². The van der Waals surface area contributed by atoms with Crippen molar-refractivity contribution in [2.75, 3.05) is 18.4 Å². The van der Waals surface area contributed by atoms with Gasteiger partial charge in [-0.2, -0.15) is 0 Å². The van der Waals surface area contributed by atoms with Crippen LogP contribution in [0.1, 0.15) is 41.1 Å². The Kier molecular flexibility index (Phi) is 6.16. The lowest BCUT2D eigenvalue weighted by molar-refractivity contribution is -0.116. The Morgan fingerprint density at radius 2 is 1.95 bits per heavy atom. The van der Waals surface area contributed by atoms with Crippen molar-refractivity contribution < 1.29 is 9.59 Å². The second kappa shape index (κ2) is 7.40. The van der Waals surface area contributed by atoms with Gasteiger partial charge in [0.1, 0.15) is 5.00 Å². The van der Waals surface area contributed by atoms with E-state index in [4.69, 9.17) is 5.73 Å². The molecule has 0 bridgehead atoms. The minimum atomic E-state index is -0.183. The maximum Gasteiger partial charge on any atom is 0.254 e. The molecule has 0 aromatic carbocycles. The normalized spacial score (nSPS) is 10.7. The van der Waals surface area contributed by atoms with Crippen molar-refractivity contribution in [3.63, 3.8) is 0 Å². The number of rotatable bonds is 6. The minimum Gasteiger partial charge on any atom is -0.351 e. The molecule has 0 radical (unpaired) electrons. The van der Waals surface area contributed by atoms with Crippen molar-refractivity contribution in [2.45, 2.75) is 34.1 Å². The quantitative estimate of drug-likeness (QED) is 0.751. The molecule has 1 aromatic heterocycles. The highest BCUT2D eigenvalue weighted by molar-refractivity contribution is 7.16. The predicted molar refractivity (Wildman–Crippen MR) is 83.3 cm³/mol. The van der Waals surface area contributed by atoms with Crippen molar-refractivity contribution in [2.24, 2.45) is 11.7 Å². The summed E-state index contributed by atoms with van der Waals surface area (Å²) < 4.78 is 0. The molecule has 0 unspecified atom stereocenters. The van der Waals surface area contributed by atoms with Crippen LogP contribution in [0.5, 0.6) is 0 Å². The second-order valence-electron chi connectivity index (χ2n) is 5.18. The highest BCUT2D eigenvalue weighted by Gasteiger charge is 2.20. The van der Waals surface area contributed by atoms with Gasteiger partial charge in [-0.1, -0.05) is 13.8 Å². The van der Waals surface area contributed by atoms with Crippen molar-refractivity contribution in [1.82, 2.24) is 5.32 Å². The van der Waals surface area contributed by atoms with Gasteiger partial charge < -0.3 is 16.4 Å². The third-order valence-corrected chi connectivity index (χ3v) is 4.01. The Morgan fingerprint density at radius 3 is 2.50 bits per heavy atom. The smallest absolute Gasteiger partial charge is 0.254 e. The fourth-order valence-electron chi connectivity index (χ4n) is 1.81. The Morgan fingerprint density at radius 1 is 1.30 bits per heavy atom. The van der Waals surface area contributed by atoms with Gasteiger partial charge in [-0.05, 0) is 25.3 Å². The fraction of sp³-hybridized carbons (Fsp3) is 0.571. The molecule has 0 fully saturated rings. The summed E-state index contributed by atoms with van der Waals surface area (Å²) in [5, 5.41) is 6.22. The largest absolute Gasteiger partial charge is 0.351 e. The third kappa shape index (κ3) is 4.31. The van der Waals surface area contributed by atoms with E-state index in [1.165, 1.54) is 11.3 Å². The lowest BCUT2D eigenvalue weighted by Crippen LogP contribution is -2.30. The molecule has 2 amide bonds. The van der Waals surface area contributed by atoms with Gasteiger partial charge in [-0.25, -0.2) is 0 Å². The Bertz CT molecular complexity index is 495. The summed E-state index contributed by atoms with van der Waals surface area (Å²) in [6.07, 6.45) is 0.444. The topological polar surface area (TPSA) is 84.2 Å². The lowest BCUT2D eigenvalue weighted by Gasteiger charge is -2.09. The molecule has 0 saturated heterocycles. The zero-order valence-corrected chi connectivity index (χ0v) is 13.3. The summed E-state index contributed by atoms with van der Waals surface area (Å²) in [5.41, 5.74) is 6.85. The molecule has 0 aliphatic carbocycles. The van der Waals surface area contributed by atoms with Crippen molar-refractivity contribution in [3.8, 4) is 0 Å². The maximum atomic E-state index is 12.2. The van der Waals surface area contributed by atoms with Crippen LogP contribution in [-0.4, -0.2) is 24.9 Å². The van der Waals surface area contributed by atoms with Crippen LogP contribution in [0.3, 0.4) is 0 Å². The van der Waals surface area contributed by atoms with Gasteiger partial charge in [0.25, 0.3) is 5.91 Å². The summed E-state index contributed by atoms with van der Waals surface area (Å²) >= 11 is 1.43. The first kappa shape index (κ1) is 16.7. The number of nitrogens with two attached hydrogens (primary N) is 1. The molecule has 0 atom stereocenters. The number of aryl methyl sites for hydroxylation is 1. The highest BCUT2D eigenvalue weighted by atomic mass is 32.1. The van der Waals surface area contributed by atoms with E-state index in [1.807, 2.05) is 27.7 Å². The van der Waals surface area contributed by atoms with Crippen LogP contribution in [0.4, 0.5) is 5.00 Å². The monoisotopic (exact) mass is 297 g/mol. The molecule has 1 rings (SSSR count). The van der Waals surface area contributed by atoms with Crippen molar-refractivity contribution >= 4 is 28.2 Å². The first-order valence-electron chi connectivity index (χ1n) is 6.74. The molecule has 0 aliphatic heterocycles. The number of thiophene rings is 1. The van der Waals surface area contributed by atoms with E-state index in [2.05, 4.69) is 10.6 Å². The van der Waals surface area contributed by atoms with Crippen LogP contribution in [0.2, 0.25) is 0 Å². The molecular formula is C14H23N3O2S. The van der Waals surface area contributed by atoms with Crippen LogP contribution in [-0.2, 0) is 4.79 Å². The molecule has 112 valence electrons. The molecule has 1 heterocycles. The zero-order valence-electron chi connectivity index (χ0n) is 12.5. The van der Waals surface area contributed by atoms with Gasteiger partial charge in [0.2, 0.25) is 5.91 Å². The average Bonchev–Trinajstić information content (AvgIpc) is 2.60. The van der Waals surface area contributed by atoms with Crippen molar-refractivity contribution in [1.29, 1.82) is 0 Å².